The standard InChI is InChI=1S/C19H26N4O5S/c1-21(12-17(24)20-13-7-5-4-6-8-13)29(27,28)14-9-10-15-16(11-14)23(3)19(26)18(25)22(15)2/h9-11,13H,4-8,12H2,1-3H3,(H,20,24). The third kappa shape index (κ3) is 4.13. The maximum absolute atomic E-state index is 12.9. The van der Waals surface area contributed by atoms with Crippen LogP contribution in [0.2, 0.25) is 0 Å². The lowest BCUT2D eigenvalue weighted by Crippen LogP contribution is -2.43. The summed E-state index contributed by atoms with van der Waals surface area (Å²) in [4.78, 5) is 36.2. The lowest BCUT2D eigenvalue weighted by molar-refractivity contribution is -0.122. The molecule has 1 aromatic heterocycles. The first kappa shape index (κ1) is 21.3. The SMILES string of the molecule is CN(CC(=O)NC1CCCCC1)S(=O)(=O)c1ccc2c(c1)n(C)c(=O)c(=O)n2C. The van der Waals surface area contributed by atoms with E-state index in [1.165, 1.54) is 43.9 Å². The Morgan fingerprint density at radius 1 is 1.07 bits per heavy atom. The Labute approximate surface area is 169 Å². The summed E-state index contributed by atoms with van der Waals surface area (Å²) in [5.74, 6) is -0.335. The minimum atomic E-state index is -3.95. The van der Waals surface area contributed by atoms with Crippen LogP contribution in [0.5, 0.6) is 0 Å². The predicted octanol–water partition coefficient (Wildman–Crippen LogP) is 0.307. The van der Waals surface area contributed by atoms with Gasteiger partial charge in [0.25, 0.3) is 0 Å². The highest BCUT2D eigenvalue weighted by Crippen LogP contribution is 2.20. The zero-order valence-corrected chi connectivity index (χ0v) is 17.7. The zero-order valence-electron chi connectivity index (χ0n) is 16.8. The molecule has 1 amide bonds. The van der Waals surface area contributed by atoms with Crippen molar-refractivity contribution in [1.82, 2.24) is 18.8 Å². The number of aromatic nitrogens is 2. The van der Waals surface area contributed by atoms with Crippen molar-refractivity contribution in [3.8, 4) is 0 Å². The van der Waals surface area contributed by atoms with Crippen LogP contribution < -0.4 is 16.4 Å². The third-order valence-corrected chi connectivity index (χ3v) is 7.31. The van der Waals surface area contributed by atoms with E-state index in [-0.39, 0.29) is 23.4 Å². The van der Waals surface area contributed by atoms with Crippen LogP contribution >= 0.6 is 0 Å². The fourth-order valence-electron chi connectivity index (χ4n) is 3.71. The predicted molar refractivity (Wildman–Crippen MR) is 109 cm³/mol. The Balaban J connectivity index is 1.86. The van der Waals surface area contributed by atoms with E-state index in [1.807, 2.05) is 0 Å². The largest absolute Gasteiger partial charge is 0.352 e. The summed E-state index contributed by atoms with van der Waals surface area (Å²) >= 11 is 0. The molecule has 1 aliphatic rings. The van der Waals surface area contributed by atoms with Gasteiger partial charge < -0.3 is 14.5 Å². The number of rotatable bonds is 5. The molecule has 0 bridgehead atoms. The monoisotopic (exact) mass is 422 g/mol. The maximum atomic E-state index is 12.9. The quantitative estimate of drug-likeness (QED) is 0.697. The molecule has 1 N–H and O–H groups in total. The van der Waals surface area contributed by atoms with Gasteiger partial charge in [0, 0.05) is 27.2 Å². The van der Waals surface area contributed by atoms with E-state index >= 15 is 0 Å². The fraction of sp³-hybridized carbons (Fsp3) is 0.526. The topological polar surface area (TPSA) is 110 Å². The van der Waals surface area contributed by atoms with Crippen molar-refractivity contribution in [2.24, 2.45) is 14.1 Å². The smallest absolute Gasteiger partial charge is 0.316 e. The second kappa shape index (κ2) is 8.11. The summed E-state index contributed by atoms with van der Waals surface area (Å²) in [5, 5.41) is 2.90. The normalized spacial score (nSPS) is 15.7. The van der Waals surface area contributed by atoms with Gasteiger partial charge >= 0.3 is 11.1 Å². The van der Waals surface area contributed by atoms with Gasteiger partial charge in [-0.1, -0.05) is 19.3 Å². The Bertz CT molecular complexity index is 1160. The average Bonchev–Trinajstić information content (AvgIpc) is 2.70. The van der Waals surface area contributed by atoms with E-state index in [1.54, 1.807) is 0 Å². The van der Waals surface area contributed by atoms with Gasteiger partial charge in [0.15, 0.2) is 0 Å². The first-order valence-electron chi connectivity index (χ1n) is 9.58. The highest BCUT2D eigenvalue weighted by atomic mass is 32.2. The van der Waals surface area contributed by atoms with Gasteiger partial charge in [-0.2, -0.15) is 4.31 Å². The number of hydrogen-bond acceptors (Lipinski definition) is 5. The molecule has 0 spiro atoms. The summed E-state index contributed by atoms with van der Waals surface area (Å²) in [6.07, 6.45) is 5.13. The zero-order chi connectivity index (χ0) is 21.3. The molecule has 0 atom stereocenters. The fourth-order valence-corrected chi connectivity index (χ4v) is 4.86. The molecule has 1 fully saturated rings. The number of sulfonamides is 1. The maximum Gasteiger partial charge on any atom is 0.316 e. The average molecular weight is 423 g/mol. The highest BCUT2D eigenvalue weighted by Gasteiger charge is 2.25. The van der Waals surface area contributed by atoms with E-state index in [9.17, 15) is 22.8 Å². The second-order valence-electron chi connectivity index (χ2n) is 7.54. The number of aryl methyl sites for hydroxylation is 2. The highest BCUT2D eigenvalue weighted by molar-refractivity contribution is 7.89. The molecule has 0 aliphatic heterocycles. The van der Waals surface area contributed by atoms with E-state index in [0.29, 0.717) is 11.0 Å². The van der Waals surface area contributed by atoms with Crippen LogP contribution in [-0.2, 0) is 28.9 Å². The minimum Gasteiger partial charge on any atom is -0.352 e. The second-order valence-corrected chi connectivity index (χ2v) is 9.59. The molecule has 1 aromatic carbocycles. The van der Waals surface area contributed by atoms with Gasteiger partial charge in [0.1, 0.15) is 0 Å². The summed E-state index contributed by atoms with van der Waals surface area (Å²) < 4.78 is 29.2. The van der Waals surface area contributed by atoms with Gasteiger partial charge in [-0.3, -0.25) is 14.4 Å². The Morgan fingerprint density at radius 2 is 1.66 bits per heavy atom. The van der Waals surface area contributed by atoms with Crippen LogP contribution in [0.4, 0.5) is 0 Å². The van der Waals surface area contributed by atoms with Crippen molar-refractivity contribution in [3.05, 3.63) is 38.9 Å². The van der Waals surface area contributed by atoms with Crippen LogP contribution in [0.3, 0.4) is 0 Å². The molecule has 1 heterocycles. The van der Waals surface area contributed by atoms with Crippen molar-refractivity contribution < 1.29 is 13.2 Å². The summed E-state index contributed by atoms with van der Waals surface area (Å²) in [7, 11) is 0.279. The van der Waals surface area contributed by atoms with Crippen LogP contribution in [0, 0.1) is 0 Å². The van der Waals surface area contributed by atoms with Crippen molar-refractivity contribution >= 4 is 27.0 Å². The van der Waals surface area contributed by atoms with Gasteiger partial charge in [0.05, 0.1) is 22.5 Å². The van der Waals surface area contributed by atoms with Gasteiger partial charge in [-0.05, 0) is 31.0 Å². The molecular formula is C19H26N4O5S. The van der Waals surface area contributed by atoms with Crippen LogP contribution in [0.1, 0.15) is 32.1 Å². The van der Waals surface area contributed by atoms with E-state index in [0.717, 1.165) is 41.0 Å². The van der Waals surface area contributed by atoms with Crippen molar-refractivity contribution in [2.45, 2.75) is 43.0 Å². The van der Waals surface area contributed by atoms with Crippen LogP contribution in [-0.4, -0.2) is 47.4 Å². The van der Waals surface area contributed by atoms with E-state index in [2.05, 4.69) is 5.32 Å². The summed E-state index contributed by atoms with van der Waals surface area (Å²) in [6.45, 7) is -0.289. The van der Waals surface area contributed by atoms with Gasteiger partial charge in [-0.25, -0.2) is 8.42 Å². The lowest BCUT2D eigenvalue weighted by atomic mass is 9.95. The minimum absolute atomic E-state index is 0.0494. The molecule has 0 saturated heterocycles. The number of amides is 1. The molecule has 10 heteroatoms. The van der Waals surface area contributed by atoms with E-state index < -0.39 is 21.1 Å². The number of hydrogen-bond donors (Lipinski definition) is 1. The molecule has 0 radical (unpaired) electrons. The molecule has 9 nitrogen and oxygen atoms in total. The Hall–Kier alpha value is -2.46. The van der Waals surface area contributed by atoms with Crippen molar-refractivity contribution in [2.75, 3.05) is 13.6 Å². The molecule has 158 valence electrons. The van der Waals surface area contributed by atoms with Crippen molar-refractivity contribution in [1.29, 1.82) is 0 Å². The molecule has 3 rings (SSSR count). The summed E-state index contributed by atoms with van der Waals surface area (Å²) in [5.41, 5.74) is -0.672. The van der Waals surface area contributed by atoms with Crippen molar-refractivity contribution in [3.63, 3.8) is 0 Å². The summed E-state index contributed by atoms with van der Waals surface area (Å²) in [6, 6.07) is 4.31. The number of carbonyl (C=O) groups excluding carboxylic acids is 1. The third-order valence-electron chi connectivity index (χ3n) is 5.51. The lowest BCUT2D eigenvalue weighted by Gasteiger charge is -2.24. The number of nitrogens with one attached hydrogen (secondary N) is 1. The molecule has 29 heavy (non-hydrogen) atoms. The molecule has 1 aliphatic carbocycles. The van der Waals surface area contributed by atoms with E-state index in [4.69, 9.17) is 0 Å². The number of nitrogens with zero attached hydrogens (tertiary/aromatic N) is 3. The van der Waals surface area contributed by atoms with Gasteiger partial charge in [-0.15, -0.1) is 0 Å². The molecule has 2 aromatic rings. The molecular weight excluding hydrogens is 396 g/mol. The van der Waals surface area contributed by atoms with Crippen LogP contribution in [0.25, 0.3) is 11.0 Å². The number of fused-ring (bicyclic) bond motifs is 1. The van der Waals surface area contributed by atoms with Crippen LogP contribution in [0.15, 0.2) is 32.7 Å². The molecule has 0 unspecified atom stereocenters. The Morgan fingerprint density at radius 3 is 2.28 bits per heavy atom. The first-order chi connectivity index (χ1) is 13.6. The van der Waals surface area contributed by atoms with Gasteiger partial charge in [0.2, 0.25) is 15.9 Å². The molecule has 1 saturated carbocycles. The number of carbonyl (C=O) groups is 1. The Kier molecular flexibility index (Phi) is 5.95. The first-order valence-corrected chi connectivity index (χ1v) is 11.0. The number of likely N-dealkylation sites (N-methyl/N-ethyl adjacent to an activating group) is 1. The number of benzene rings is 1.